The number of nitrogen functional groups attached to an aromatic ring is 1. The Balaban J connectivity index is 2.08. The average Bonchev–Trinajstić information content (AvgIpc) is 2.41. The second kappa shape index (κ2) is 5.98. The maximum atomic E-state index is 10.9. The van der Waals surface area contributed by atoms with Gasteiger partial charge in [-0.15, -0.1) is 0 Å². The van der Waals surface area contributed by atoms with E-state index in [1.165, 1.54) is 6.07 Å². The van der Waals surface area contributed by atoms with Crippen molar-refractivity contribution in [1.29, 1.82) is 0 Å². The molecule has 102 valence electrons. The predicted octanol–water partition coefficient (Wildman–Crippen LogP) is 2.99. The number of nitro benzene ring substituents is 1. The first-order chi connectivity index (χ1) is 9.56. The molecule has 20 heavy (non-hydrogen) atoms. The Labute approximate surface area is 120 Å². The molecule has 0 radical (unpaired) electrons. The van der Waals surface area contributed by atoms with Crippen molar-refractivity contribution in [3.63, 3.8) is 0 Å². The van der Waals surface area contributed by atoms with Gasteiger partial charge < -0.3 is 16.4 Å². The van der Waals surface area contributed by atoms with Crippen LogP contribution < -0.4 is 16.4 Å². The van der Waals surface area contributed by atoms with Gasteiger partial charge in [0.15, 0.2) is 5.11 Å². The number of nitro groups is 1. The number of thiocarbonyl (C=S) groups is 1. The summed E-state index contributed by atoms with van der Waals surface area (Å²) in [6.07, 6.45) is 0. The van der Waals surface area contributed by atoms with Crippen molar-refractivity contribution >= 4 is 40.1 Å². The summed E-state index contributed by atoms with van der Waals surface area (Å²) < 4.78 is 0. The molecule has 0 aromatic heterocycles. The normalized spacial score (nSPS) is 9.80. The van der Waals surface area contributed by atoms with Crippen LogP contribution in [0.2, 0.25) is 0 Å². The van der Waals surface area contributed by atoms with Crippen LogP contribution >= 0.6 is 12.2 Å². The number of nitrogens with two attached hydrogens (primary N) is 1. The summed E-state index contributed by atoms with van der Waals surface area (Å²) in [5.74, 6) is 0. The van der Waals surface area contributed by atoms with E-state index in [4.69, 9.17) is 18.0 Å². The van der Waals surface area contributed by atoms with Crippen molar-refractivity contribution in [2.24, 2.45) is 0 Å². The van der Waals surface area contributed by atoms with Gasteiger partial charge in [0.2, 0.25) is 0 Å². The molecular formula is C13H12N4O2S. The largest absolute Gasteiger partial charge is 0.399 e. The van der Waals surface area contributed by atoms with Crippen LogP contribution in [0.15, 0.2) is 48.5 Å². The van der Waals surface area contributed by atoms with E-state index in [2.05, 4.69) is 10.6 Å². The van der Waals surface area contributed by atoms with E-state index in [1.54, 1.807) is 42.5 Å². The van der Waals surface area contributed by atoms with Crippen molar-refractivity contribution in [3.8, 4) is 0 Å². The Morgan fingerprint density at radius 1 is 1.10 bits per heavy atom. The van der Waals surface area contributed by atoms with Crippen LogP contribution in [0.1, 0.15) is 0 Å². The summed E-state index contributed by atoms with van der Waals surface area (Å²) in [5.41, 5.74) is 7.28. The fourth-order valence-corrected chi connectivity index (χ4v) is 1.82. The van der Waals surface area contributed by atoms with Gasteiger partial charge in [-0.3, -0.25) is 10.1 Å². The molecule has 4 N–H and O–H groups in total. The molecule has 0 fully saturated rings. The molecule has 0 aliphatic heterocycles. The van der Waals surface area contributed by atoms with Crippen LogP contribution in [-0.4, -0.2) is 10.0 Å². The average molecular weight is 288 g/mol. The summed E-state index contributed by atoms with van der Waals surface area (Å²) >= 11 is 5.12. The van der Waals surface area contributed by atoms with E-state index in [-0.39, 0.29) is 10.8 Å². The van der Waals surface area contributed by atoms with Crippen LogP contribution in [-0.2, 0) is 0 Å². The zero-order valence-electron chi connectivity index (χ0n) is 10.4. The summed E-state index contributed by atoms with van der Waals surface area (Å²) in [6.45, 7) is 0. The molecule has 0 aliphatic carbocycles. The lowest BCUT2D eigenvalue weighted by Gasteiger charge is -2.10. The lowest BCUT2D eigenvalue weighted by molar-refractivity contribution is -0.383. The van der Waals surface area contributed by atoms with Crippen LogP contribution in [0.25, 0.3) is 0 Å². The highest BCUT2D eigenvalue weighted by atomic mass is 32.1. The summed E-state index contributed by atoms with van der Waals surface area (Å²) in [4.78, 5) is 10.4. The molecule has 2 aromatic carbocycles. The highest BCUT2D eigenvalue weighted by Crippen LogP contribution is 2.23. The molecule has 0 unspecified atom stereocenters. The molecule has 0 aliphatic rings. The van der Waals surface area contributed by atoms with E-state index in [0.29, 0.717) is 11.4 Å². The highest BCUT2D eigenvalue weighted by molar-refractivity contribution is 7.80. The highest BCUT2D eigenvalue weighted by Gasteiger charge is 2.13. The number of rotatable bonds is 3. The Morgan fingerprint density at radius 3 is 2.40 bits per heavy atom. The first-order valence-electron chi connectivity index (χ1n) is 5.73. The molecule has 0 atom stereocenters. The number of para-hydroxylation sites is 2. The molecule has 0 saturated carbocycles. The van der Waals surface area contributed by atoms with Crippen molar-refractivity contribution in [2.75, 3.05) is 16.4 Å². The maximum Gasteiger partial charge on any atom is 0.292 e. The minimum absolute atomic E-state index is 0.0334. The molecule has 0 heterocycles. The van der Waals surface area contributed by atoms with Crippen LogP contribution in [0.5, 0.6) is 0 Å². The van der Waals surface area contributed by atoms with Crippen molar-refractivity contribution in [2.45, 2.75) is 0 Å². The molecule has 7 heteroatoms. The van der Waals surface area contributed by atoms with Gasteiger partial charge in [-0.1, -0.05) is 12.1 Å². The first kappa shape index (κ1) is 13.8. The molecule has 0 amide bonds. The van der Waals surface area contributed by atoms with Gasteiger partial charge >= 0.3 is 0 Å². The SMILES string of the molecule is Nc1ccc(NC(=S)Nc2ccccc2[N+](=O)[O-])cc1. The minimum Gasteiger partial charge on any atom is -0.399 e. The first-order valence-corrected chi connectivity index (χ1v) is 6.14. The zero-order chi connectivity index (χ0) is 14.5. The molecule has 2 aromatic rings. The molecule has 0 spiro atoms. The molecule has 2 rings (SSSR count). The number of nitrogens with one attached hydrogen (secondary N) is 2. The van der Waals surface area contributed by atoms with E-state index < -0.39 is 4.92 Å². The van der Waals surface area contributed by atoms with Gasteiger partial charge in [0.05, 0.1) is 4.92 Å². The lowest BCUT2D eigenvalue weighted by Crippen LogP contribution is -2.19. The standard InChI is InChI=1S/C13H12N4O2S/c14-9-5-7-10(8-6-9)15-13(20)16-11-3-1-2-4-12(11)17(18)19/h1-8H,14H2,(H2,15,16,20). The van der Waals surface area contributed by atoms with E-state index in [0.717, 1.165) is 5.69 Å². The second-order valence-corrected chi connectivity index (χ2v) is 4.38. The van der Waals surface area contributed by atoms with Crippen LogP contribution in [0.4, 0.5) is 22.7 Å². The van der Waals surface area contributed by atoms with Gasteiger partial charge in [0, 0.05) is 17.4 Å². The van der Waals surface area contributed by atoms with Crippen molar-refractivity contribution in [1.82, 2.24) is 0 Å². The van der Waals surface area contributed by atoms with Crippen molar-refractivity contribution < 1.29 is 4.92 Å². The Bertz CT molecular complexity index is 643. The number of hydrogen-bond acceptors (Lipinski definition) is 4. The third-order valence-corrected chi connectivity index (χ3v) is 2.72. The monoisotopic (exact) mass is 288 g/mol. The van der Waals surface area contributed by atoms with E-state index in [1.807, 2.05) is 0 Å². The fourth-order valence-electron chi connectivity index (χ4n) is 1.59. The third kappa shape index (κ3) is 3.42. The quantitative estimate of drug-likeness (QED) is 0.348. The number of anilines is 3. The van der Waals surface area contributed by atoms with Gasteiger partial charge in [-0.25, -0.2) is 0 Å². The van der Waals surface area contributed by atoms with Crippen LogP contribution in [0.3, 0.4) is 0 Å². The number of hydrogen-bond donors (Lipinski definition) is 3. The summed E-state index contributed by atoms with van der Waals surface area (Å²) in [5, 5.41) is 16.9. The van der Waals surface area contributed by atoms with Gasteiger partial charge in [-0.2, -0.15) is 0 Å². The van der Waals surface area contributed by atoms with E-state index >= 15 is 0 Å². The Kier molecular flexibility index (Phi) is 4.11. The Hall–Kier alpha value is -2.67. The second-order valence-electron chi connectivity index (χ2n) is 3.98. The fraction of sp³-hybridized carbons (Fsp3) is 0. The predicted molar refractivity (Wildman–Crippen MR) is 83.8 cm³/mol. The minimum atomic E-state index is -0.464. The number of nitrogens with zero attached hydrogens (tertiary/aromatic N) is 1. The van der Waals surface area contributed by atoms with Crippen LogP contribution in [0, 0.1) is 10.1 Å². The molecule has 0 bridgehead atoms. The molecule has 6 nitrogen and oxygen atoms in total. The van der Waals surface area contributed by atoms with Gasteiger partial charge in [0.1, 0.15) is 5.69 Å². The Morgan fingerprint density at radius 2 is 1.75 bits per heavy atom. The van der Waals surface area contributed by atoms with Crippen molar-refractivity contribution in [3.05, 3.63) is 58.6 Å². The maximum absolute atomic E-state index is 10.9. The summed E-state index contributed by atoms with van der Waals surface area (Å²) in [7, 11) is 0. The van der Waals surface area contributed by atoms with E-state index in [9.17, 15) is 10.1 Å². The summed E-state index contributed by atoms with van der Waals surface area (Å²) in [6, 6.07) is 13.3. The molecular weight excluding hydrogens is 276 g/mol. The third-order valence-electron chi connectivity index (χ3n) is 2.52. The van der Waals surface area contributed by atoms with Gasteiger partial charge in [-0.05, 0) is 42.5 Å². The zero-order valence-corrected chi connectivity index (χ0v) is 11.2. The number of benzene rings is 2. The molecule has 0 saturated heterocycles. The van der Waals surface area contributed by atoms with Gasteiger partial charge in [0.25, 0.3) is 5.69 Å². The lowest BCUT2D eigenvalue weighted by atomic mass is 10.2. The smallest absolute Gasteiger partial charge is 0.292 e. The topological polar surface area (TPSA) is 93.2 Å².